The monoisotopic (exact) mass is 352 g/mol. The first-order valence-corrected chi connectivity index (χ1v) is 5.59. The van der Waals surface area contributed by atoms with Gasteiger partial charge in [-0.2, -0.15) is 4.57 Å². The second-order valence-corrected chi connectivity index (χ2v) is 4.36. The molecule has 1 aliphatic rings. The maximum Gasteiger partial charge on any atom is 0.369 e. The van der Waals surface area contributed by atoms with Crippen molar-refractivity contribution in [2.24, 2.45) is 0 Å². The molecule has 0 bridgehead atoms. The Morgan fingerprint density at radius 1 is 1.69 bits per heavy atom. The zero-order valence-electron chi connectivity index (χ0n) is 8.52. The molecule has 0 saturated carbocycles. The van der Waals surface area contributed by atoms with Crippen LogP contribution >= 0.6 is 15.9 Å². The molecule has 0 fully saturated rings. The Labute approximate surface area is 111 Å². The van der Waals surface area contributed by atoms with Gasteiger partial charge in [-0.1, -0.05) is 15.9 Å². The van der Waals surface area contributed by atoms with Crippen molar-refractivity contribution in [1.82, 2.24) is 0 Å². The number of alkyl halides is 1. The zero-order chi connectivity index (χ0) is 11.1. The molecule has 1 atom stereocenters. The second-order valence-electron chi connectivity index (χ2n) is 3.80. The van der Waals surface area contributed by atoms with Gasteiger partial charge in [0.05, 0.1) is 11.0 Å². The fourth-order valence-corrected chi connectivity index (χ4v) is 1.85. The number of aromatic nitrogens is 1. The van der Waals surface area contributed by atoms with Gasteiger partial charge >= 0.3 is 11.6 Å². The van der Waals surface area contributed by atoms with Crippen LogP contribution in [0, 0.1) is 10.1 Å². The molecule has 0 amide bonds. The van der Waals surface area contributed by atoms with Crippen LogP contribution in [0.25, 0.3) is 0 Å². The van der Waals surface area contributed by atoms with Gasteiger partial charge in [-0.3, -0.25) is 10.1 Å². The molecule has 1 aliphatic heterocycles. The van der Waals surface area contributed by atoms with E-state index in [0.29, 0.717) is 17.8 Å². The van der Waals surface area contributed by atoms with Crippen molar-refractivity contribution in [1.29, 1.82) is 0 Å². The Hall–Kier alpha value is -0.690. The van der Waals surface area contributed by atoms with Crippen LogP contribution in [0.4, 0.5) is 5.69 Å². The minimum atomic E-state index is -0.406. The van der Waals surface area contributed by atoms with Crippen molar-refractivity contribution >= 4 is 21.6 Å². The number of hydrogen-bond acceptors (Lipinski definition) is 3. The summed E-state index contributed by atoms with van der Waals surface area (Å²) in [5.74, 6) is 0.669. The molecule has 2 rings (SSSR count). The quantitative estimate of drug-likeness (QED) is 0.279. The third kappa shape index (κ3) is 2.35. The number of ether oxygens (including phenoxy) is 1. The van der Waals surface area contributed by atoms with E-state index in [2.05, 4.69) is 15.9 Å². The van der Waals surface area contributed by atoms with Crippen LogP contribution < -0.4 is 26.3 Å². The highest BCUT2D eigenvalue weighted by atomic mass is 79.9. The van der Waals surface area contributed by atoms with E-state index in [0.717, 1.165) is 0 Å². The highest BCUT2D eigenvalue weighted by Gasteiger charge is 2.41. The van der Waals surface area contributed by atoms with E-state index >= 15 is 0 Å². The van der Waals surface area contributed by atoms with Crippen LogP contribution in [0.3, 0.4) is 0 Å². The van der Waals surface area contributed by atoms with Crippen molar-refractivity contribution in [2.75, 3.05) is 5.33 Å². The Kier molecular flexibility index (Phi) is 3.90. The topological polar surface area (TPSA) is 56.2 Å². The number of nitrogens with zero attached hydrogens (tertiary/aromatic N) is 2. The average molecular weight is 354 g/mol. The molecule has 0 saturated heterocycles. The number of hydrogen-bond donors (Lipinski definition) is 0. The highest BCUT2D eigenvalue weighted by Crippen LogP contribution is 2.25. The van der Waals surface area contributed by atoms with Crippen LogP contribution in [0.15, 0.2) is 18.3 Å². The van der Waals surface area contributed by atoms with Crippen molar-refractivity contribution < 1.29 is 31.2 Å². The minimum Gasteiger partial charge on any atom is -1.00 e. The first kappa shape index (κ1) is 13.4. The van der Waals surface area contributed by atoms with Crippen LogP contribution in [0.5, 0.6) is 5.88 Å². The predicted molar refractivity (Wildman–Crippen MR) is 56.1 cm³/mol. The van der Waals surface area contributed by atoms with E-state index in [1.165, 1.54) is 12.3 Å². The lowest BCUT2D eigenvalue weighted by atomic mass is 10.1. The molecule has 0 N–H and O–H groups in total. The molecule has 0 aromatic carbocycles. The summed E-state index contributed by atoms with van der Waals surface area (Å²) in [6.07, 6.45) is 1.50. The first-order valence-electron chi connectivity index (χ1n) is 4.47. The standard InChI is InChI=1S/C9H10BrN2O3.BrH/c1-9(5-10)6-11-4-7(12(13)14)2-3-8(11)15-9;/h2-4H,5-6H2,1H3;1H/q+1;/p-1. The molecule has 1 aromatic heterocycles. The van der Waals surface area contributed by atoms with E-state index in [9.17, 15) is 10.1 Å². The summed E-state index contributed by atoms with van der Waals surface area (Å²) in [4.78, 5) is 10.2. The second kappa shape index (κ2) is 4.67. The van der Waals surface area contributed by atoms with Gasteiger partial charge in [0.15, 0.2) is 12.1 Å². The Morgan fingerprint density at radius 2 is 2.38 bits per heavy atom. The van der Waals surface area contributed by atoms with Gasteiger partial charge in [-0.25, -0.2) is 0 Å². The molecule has 1 aromatic rings. The normalized spacial score (nSPS) is 21.9. The molecule has 2 heterocycles. The van der Waals surface area contributed by atoms with Crippen molar-refractivity contribution in [3.63, 3.8) is 0 Å². The molecule has 1 unspecified atom stereocenters. The number of halogens is 2. The number of nitro groups is 1. The molecule has 7 heteroatoms. The summed E-state index contributed by atoms with van der Waals surface area (Å²) >= 11 is 3.37. The van der Waals surface area contributed by atoms with E-state index in [4.69, 9.17) is 4.74 Å². The summed E-state index contributed by atoms with van der Waals surface area (Å²) in [6.45, 7) is 2.58. The highest BCUT2D eigenvalue weighted by molar-refractivity contribution is 9.09. The van der Waals surface area contributed by atoms with E-state index in [1.54, 1.807) is 10.6 Å². The number of pyridine rings is 1. The molecule has 16 heavy (non-hydrogen) atoms. The molecule has 5 nitrogen and oxygen atoms in total. The summed E-state index contributed by atoms with van der Waals surface area (Å²) in [5.41, 5.74) is -0.233. The summed E-state index contributed by atoms with van der Waals surface area (Å²) < 4.78 is 7.44. The van der Waals surface area contributed by atoms with E-state index < -0.39 is 4.92 Å². The molecule has 0 aliphatic carbocycles. The van der Waals surface area contributed by atoms with Crippen molar-refractivity contribution in [2.45, 2.75) is 19.1 Å². The third-order valence-electron chi connectivity index (χ3n) is 2.32. The summed E-state index contributed by atoms with van der Waals surface area (Å²) in [7, 11) is 0. The number of rotatable bonds is 2. The Morgan fingerprint density at radius 3 is 2.94 bits per heavy atom. The smallest absolute Gasteiger partial charge is 0.369 e. The fraction of sp³-hybridized carbons (Fsp3) is 0.444. The first-order chi connectivity index (χ1) is 7.04. The fourth-order valence-electron chi connectivity index (χ4n) is 1.56. The average Bonchev–Trinajstić information content (AvgIpc) is 2.53. The van der Waals surface area contributed by atoms with Gasteiger partial charge in [-0.05, 0) is 6.92 Å². The largest absolute Gasteiger partial charge is 1.00 e. The maximum atomic E-state index is 10.6. The van der Waals surface area contributed by atoms with Crippen molar-refractivity contribution in [3.05, 3.63) is 28.4 Å². The SMILES string of the molecule is CC1(CBr)C[n+]2cc([N+](=O)[O-])ccc2O1.[Br-]. The molecule has 0 radical (unpaired) electrons. The van der Waals surface area contributed by atoms with E-state index in [1.807, 2.05) is 6.92 Å². The lowest BCUT2D eigenvalue weighted by Crippen LogP contribution is -3.00. The molecule has 0 spiro atoms. The summed E-state index contributed by atoms with van der Waals surface area (Å²) in [6, 6.07) is 3.08. The third-order valence-corrected chi connectivity index (χ3v) is 3.50. The van der Waals surface area contributed by atoms with Gasteiger partial charge in [-0.15, -0.1) is 0 Å². The van der Waals surface area contributed by atoms with Crippen LogP contribution in [0.1, 0.15) is 6.92 Å². The molecular formula is C9H10Br2N2O3. The van der Waals surface area contributed by atoms with Crippen LogP contribution in [-0.2, 0) is 6.54 Å². The lowest BCUT2D eigenvalue weighted by Gasteiger charge is -2.13. The zero-order valence-corrected chi connectivity index (χ0v) is 11.7. The predicted octanol–water partition coefficient (Wildman–Crippen LogP) is -1.57. The molecule has 88 valence electrons. The summed E-state index contributed by atoms with van der Waals surface area (Å²) in [5, 5.41) is 11.3. The lowest BCUT2D eigenvalue weighted by molar-refractivity contribution is -0.686. The van der Waals surface area contributed by atoms with Gasteiger partial charge in [0.25, 0.3) is 0 Å². The van der Waals surface area contributed by atoms with Gasteiger partial charge < -0.3 is 21.7 Å². The van der Waals surface area contributed by atoms with Gasteiger partial charge in [0.2, 0.25) is 6.20 Å². The van der Waals surface area contributed by atoms with Gasteiger partial charge in [0, 0.05) is 11.4 Å². The Balaban J connectivity index is 0.00000128. The van der Waals surface area contributed by atoms with Crippen LogP contribution in [0.2, 0.25) is 0 Å². The van der Waals surface area contributed by atoms with E-state index in [-0.39, 0.29) is 28.3 Å². The Bertz CT molecular complexity index is 427. The molecular weight excluding hydrogens is 344 g/mol. The number of fused-ring (bicyclic) bond motifs is 1. The van der Waals surface area contributed by atoms with Crippen molar-refractivity contribution in [3.8, 4) is 5.88 Å². The van der Waals surface area contributed by atoms with Gasteiger partial charge in [0.1, 0.15) is 0 Å². The van der Waals surface area contributed by atoms with Crippen LogP contribution in [-0.4, -0.2) is 15.9 Å². The minimum absolute atomic E-state index is 0. The maximum absolute atomic E-state index is 10.6.